The van der Waals surface area contributed by atoms with Gasteiger partial charge in [0, 0.05) is 17.1 Å². The van der Waals surface area contributed by atoms with Gasteiger partial charge >= 0.3 is 12.1 Å². The van der Waals surface area contributed by atoms with Gasteiger partial charge in [-0.3, -0.25) is 4.79 Å². The zero-order chi connectivity index (χ0) is 26.9. The fraction of sp³-hybridized carbons (Fsp3) is 0.217. The summed E-state index contributed by atoms with van der Waals surface area (Å²) < 4.78 is 52.4. The third-order valence-corrected chi connectivity index (χ3v) is 5.96. The Morgan fingerprint density at radius 1 is 1.11 bits per heavy atom. The molecule has 1 aliphatic rings. The highest BCUT2D eigenvalue weighted by atomic mass is 35.5. The minimum atomic E-state index is -5.24. The summed E-state index contributed by atoms with van der Waals surface area (Å²) in [6, 6.07) is 8.30. The van der Waals surface area contributed by atoms with E-state index < -0.39 is 29.9 Å². The molecule has 2 aromatic carbocycles. The van der Waals surface area contributed by atoms with Gasteiger partial charge in [-0.05, 0) is 24.3 Å². The molecule has 2 heterocycles. The first-order chi connectivity index (χ1) is 17.5. The lowest BCUT2D eigenvalue weighted by Crippen LogP contribution is -2.56. The summed E-state index contributed by atoms with van der Waals surface area (Å²) in [5, 5.41) is 4.49. The molecule has 194 valence electrons. The number of fused-ring (bicyclic) bond motifs is 1. The van der Waals surface area contributed by atoms with Gasteiger partial charge in [0.2, 0.25) is 0 Å². The van der Waals surface area contributed by atoms with Crippen molar-refractivity contribution in [3.05, 3.63) is 59.0 Å². The number of carbonyl (C=O) groups is 2. The summed E-state index contributed by atoms with van der Waals surface area (Å²) in [4.78, 5) is 32.8. The molecule has 37 heavy (non-hydrogen) atoms. The number of anilines is 2. The third kappa shape index (κ3) is 5.81. The van der Waals surface area contributed by atoms with Crippen LogP contribution in [0.4, 0.5) is 24.7 Å². The van der Waals surface area contributed by atoms with Crippen LogP contribution in [0.15, 0.2) is 49.0 Å². The summed E-state index contributed by atoms with van der Waals surface area (Å²) in [6.07, 6.45) is -4.39. The third-order valence-electron chi connectivity index (χ3n) is 5.22. The molecule has 1 aromatic heterocycles. The minimum absolute atomic E-state index is 0.0162. The first-order valence-electron chi connectivity index (χ1n) is 10.4. The van der Waals surface area contributed by atoms with Crippen molar-refractivity contribution in [1.29, 1.82) is 0 Å². The second-order valence-corrected chi connectivity index (χ2v) is 8.57. The standard InChI is InChI=1S/C23H17Cl2F3N4O5/c1-11(36-22(34)23(26,27)28)21(33)32-8-13(9-32)37-19-6-14-17(7-18(19)35-2)29-10-30-20(14)31-12-3-4-15(24)16(25)5-12/h3-7,10,13H,1,8-9H2,2H3,(H,29,30,31). The Balaban J connectivity index is 1.48. The van der Waals surface area contributed by atoms with E-state index in [1.54, 1.807) is 30.3 Å². The fourth-order valence-electron chi connectivity index (χ4n) is 3.37. The van der Waals surface area contributed by atoms with E-state index in [2.05, 4.69) is 26.6 Å². The number of likely N-dealkylation sites (tertiary alicyclic amines) is 1. The van der Waals surface area contributed by atoms with Gasteiger partial charge in [-0.2, -0.15) is 13.2 Å². The molecule has 0 spiro atoms. The Labute approximate surface area is 217 Å². The fourth-order valence-corrected chi connectivity index (χ4v) is 3.67. The van der Waals surface area contributed by atoms with Crippen molar-refractivity contribution >= 4 is 57.5 Å². The van der Waals surface area contributed by atoms with E-state index in [4.69, 9.17) is 32.7 Å². The zero-order valence-electron chi connectivity index (χ0n) is 18.9. The van der Waals surface area contributed by atoms with Crippen LogP contribution in [0.1, 0.15) is 0 Å². The van der Waals surface area contributed by atoms with Crippen molar-refractivity contribution in [2.24, 2.45) is 0 Å². The second-order valence-electron chi connectivity index (χ2n) is 7.76. The van der Waals surface area contributed by atoms with E-state index in [-0.39, 0.29) is 13.1 Å². The second kappa shape index (κ2) is 10.3. The van der Waals surface area contributed by atoms with E-state index in [1.165, 1.54) is 13.4 Å². The van der Waals surface area contributed by atoms with Gasteiger partial charge < -0.3 is 24.4 Å². The molecule has 1 fully saturated rings. The van der Waals surface area contributed by atoms with Crippen molar-refractivity contribution in [2.75, 3.05) is 25.5 Å². The van der Waals surface area contributed by atoms with Crippen molar-refractivity contribution in [3.63, 3.8) is 0 Å². The van der Waals surface area contributed by atoms with Crippen molar-refractivity contribution in [3.8, 4) is 11.5 Å². The van der Waals surface area contributed by atoms with Crippen LogP contribution in [0.3, 0.4) is 0 Å². The van der Waals surface area contributed by atoms with Crippen molar-refractivity contribution in [1.82, 2.24) is 14.9 Å². The number of methoxy groups -OCH3 is 1. The van der Waals surface area contributed by atoms with Gasteiger partial charge in [-0.15, -0.1) is 0 Å². The van der Waals surface area contributed by atoms with Gasteiger partial charge in [0.1, 0.15) is 18.2 Å². The Morgan fingerprint density at radius 3 is 2.49 bits per heavy atom. The number of hydrogen-bond acceptors (Lipinski definition) is 8. The number of esters is 1. The molecular formula is C23H17Cl2F3N4O5. The summed E-state index contributed by atoms with van der Waals surface area (Å²) in [7, 11) is 1.44. The van der Waals surface area contributed by atoms with Crippen LogP contribution >= 0.6 is 23.2 Å². The first-order valence-corrected chi connectivity index (χ1v) is 11.2. The molecule has 0 bridgehead atoms. The molecule has 14 heteroatoms. The molecule has 9 nitrogen and oxygen atoms in total. The molecule has 3 aromatic rings. The molecule has 1 amide bonds. The molecular weight excluding hydrogens is 540 g/mol. The van der Waals surface area contributed by atoms with Crippen LogP contribution in [0.5, 0.6) is 11.5 Å². The number of hydrogen-bond donors (Lipinski definition) is 1. The molecule has 1 N–H and O–H groups in total. The highest BCUT2D eigenvalue weighted by molar-refractivity contribution is 6.42. The molecule has 0 aliphatic carbocycles. The molecule has 1 aliphatic heterocycles. The number of amides is 1. The average Bonchev–Trinajstić information content (AvgIpc) is 2.82. The number of alkyl halides is 3. The van der Waals surface area contributed by atoms with E-state index >= 15 is 0 Å². The SMILES string of the molecule is C=C(OC(=O)C(F)(F)F)C(=O)N1CC(Oc2cc3c(Nc4ccc(Cl)c(Cl)c4)ncnc3cc2OC)C1. The topological polar surface area (TPSA) is 103 Å². The maximum absolute atomic E-state index is 12.3. The van der Waals surface area contributed by atoms with Gasteiger partial charge in [0.05, 0.1) is 35.8 Å². The number of nitrogens with one attached hydrogen (secondary N) is 1. The number of halogens is 5. The zero-order valence-corrected chi connectivity index (χ0v) is 20.4. The Morgan fingerprint density at radius 2 is 1.84 bits per heavy atom. The maximum atomic E-state index is 12.3. The van der Waals surface area contributed by atoms with Crippen LogP contribution < -0.4 is 14.8 Å². The van der Waals surface area contributed by atoms with Crippen LogP contribution in [0.2, 0.25) is 10.0 Å². The Hall–Kier alpha value is -3.77. The van der Waals surface area contributed by atoms with Crippen LogP contribution in [0, 0.1) is 0 Å². The number of benzene rings is 2. The lowest BCUT2D eigenvalue weighted by atomic mass is 10.1. The first kappa shape index (κ1) is 26.3. The van der Waals surface area contributed by atoms with Gasteiger partial charge in [0.15, 0.2) is 17.3 Å². The van der Waals surface area contributed by atoms with E-state index in [1.807, 2.05) is 0 Å². The van der Waals surface area contributed by atoms with E-state index in [9.17, 15) is 22.8 Å². The van der Waals surface area contributed by atoms with Crippen LogP contribution in [0.25, 0.3) is 10.9 Å². The number of ether oxygens (including phenoxy) is 3. The minimum Gasteiger partial charge on any atom is -0.493 e. The summed E-state index contributed by atoms with van der Waals surface area (Å²) in [5.41, 5.74) is 1.18. The number of rotatable bonds is 7. The summed E-state index contributed by atoms with van der Waals surface area (Å²) in [6.45, 7) is 3.14. The largest absolute Gasteiger partial charge is 0.493 e. The molecule has 0 unspecified atom stereocenters. The highest BCUT2D eigenvalue weighted by Gasteiger charge is 2.43. The predicted octanol–water partition coefficient (Wildman–Crippen LogP) is 4.90. The quantitative estimate of drug-likeness (QED) is 0.249. The van der Waals surface area contributed by atoms with Crippen LogP contribution in [-0.2, 0) is 14.3 Å². The normalized spacial score (nSPS) is 13.6. The molecule has 4 rings (SSSR count). The smallest absolute Gasteiger partial charge is 0.491 e. The maximum Gasteiger partial charge on any atom is 0.491 e. The van der Waals surface area contributed by atoms with Crippen molar-refractivity contribution in [2.45, 2.75) is 12.3 Å². The lowest BCUT2D eigenvalue weighted by Gasteiger charge is -2.39. The predicted molar refractivity (Wildman–Crippen MR) is 128 cm³/mol. The number of nitrogens with zero attached hydrogens (tertiary/aromatic N) is 3. The summed E-state index contributed by atoms with van der Waals surface area (Å²) >= 11 is 12.1. The van der Waals surface area contributed by atoms with Gasteiger partial charge in [0.25, 0.3) is 5.91 Å². The molecule has 1 saturated heterocycles. The number of aromatic nitrogens is 2. The molecule has 0 radical (unpaired) electrons. The monoisotopic (exact) mass is 556 g/mol. The highest BCUT2D eigenvalue weighted by Crippen LogP contribution is 2.37. The van der Waals surface area contributed by atoms with Crippen LogP contribution in [-0.4, -0.2) is 59.2 Å². The van der Waals surface area contributed by atoms with Gasteiger partial charge in [-0.25, -0.2) is 14.8 Å². The molecule has 0 atom stereocenters. The average molecular weight is 557 g/mol. The van der Waals surface area contributed by atoms with E-state index in [0.717, 1.165) is 4.90 Å². The lowest BCUT2D eigenvalue weighted by molar-refractivity contribution is -0.196. The number of carbonyl (C=O) groups excluding carboxylic acids is 2. The summed E-state index contributed by atoms with van der Waals surface area (Å²) in [5.74, 6) is -3.28. The van der Waals surface area contributed by atoms with Gasteiger partial charge in [-0.1, -0.05) is 29.8 Å². The Kier molecular flexibility index (Phi) is 7.32. The molecule has 0 saturated carbocycles. The van der Waals surface area contributed by atoms with Crippen molar-refractivity contribution < 1.29 is 37.0 Å². The Bertz CT molecular complexity index is 1400. The van der Waals surface area contributed by atoms with E-state index in [0.29, 0.717) is 44.0 Å².